The van der Waals surface area contributed by atoms with Crippen LogP contribution in [-0.2, 0) is 21.4 Å². The summed E-state index contributed by atoms with van der Waals surface area (Å²) in [6.45, 7) is 1.03. The normalized spacial score (nSPS) is 14.0. The van der Waals surface area contributed by atoms with Crippen LogP contribution in [0.4, 0.5) is 5.13 Å². The number of carbonyl (C=O) groups excluding carboxylic acids is 2. The number of nitrogens with zero attached hydrogens (tertiary/aromatic N) is 5. The Morgan fingerprint density at radius 2 is 1.73 bits per heavy atom. The van der Waals surface area contributed by atoms with Gasteiger partial charge in [0.1, 0.15) is 0 Å². The first-order valence-electron chi connectivity index (χ1n) is 14.1. The van der Waals surface area contributed by atoms with Crippen LogP contribution in [0.5, 0.6) is 0 Å². The van der Waals surface area contributed by atoms with Crippen molar-refractivity contribution in [1.82, 2.24) is 29.4 Å². The van der Waals surface area contributed by atoms with Gasteiger partial charge in [-0.15, -0.1) is 10.2 Å². The van der Waals surface area contributed by atoms with Crippen LogP contribution in [0.2, 0.25) is 5.02 Å². The van der Waals surface area contributed by atoms with Crippen molar-refractivity contribution in [2.24, 2.45) is 0 Å². The van der Waals surface area contributed by atoms with Crippen molar-refractivity contribution in [1.29, 1.82) is 0 Å². The van der Waals surface area contributed by atoms with E-state index in [1.807, 2.05) is 30.3 Å². The average Bonchev–Trinajstić information content (AvgIpc) is 3.66. The van der Waals surface area contributed by atoms with E-state index in [0.717, 1.165) is 29.5 Å². The molecule has 0 saturated carbocycles. The van der Waals surface area contributed by atoms with Crippen LogP contribution in [-0.4, -0.2) is 63.1 Å². The fourth-order valence-electron chi connectivity index (χ4n) is 4.89. The van der Waals surface area contributed by atoms with Gasteiger partial charge in [-0.25, -0.2) is 13.4 Å². The first-order chi connectivity index (χ1) is 21.8. The van der Waals surface area contributed by atoms with Crippen molar-refractivity contribution < 1.29 is 18.0 Å². The van der Waals surface area contributed by atoms with Crippen LogP contribution >= 0.6 is 34.7 Å². The molecule has 45 heavy (non-hydrogen) atoms. The van der Waals surface area contributed by atoms with Gasteiger partial charge in [0.05, 0.1) is 33.1 Å². The second kappa shape index (κ2) is 13.7. The summed E-state index contributed by atoms with van der Waals surface area (Å²) in [4.78, 5) is 30.4. The van der Waals surface area contributed by atoms with Gasteiger partial charge in [0.25, 0.3) is 5.91 Å². The lowest BCUT2D eigenvalue weighted by molar-refractivity contribution is -0.113. The highest BCUT2D eigenvalue weighted by atomic mass is 35.5. The molecule has 0 radical (unpaired) electrons. The molecule has 0 bridgehead atoms. The minimum Gasteiger partial charge on any atom is -0.345 e. The van der Waals surface area contributed by atoms with E-state index < -0.39 is 15.9 Å². The fraction of sp³-hybridized carbons (Fsp3) is 0.233. The van der Waals surface area contributed by atoms with Crippen LogP contribution < -0.4 is 10.6 Å². The number of para-hydroxylation sites is 1. The molecule has 0 aliphatic carbocycles. The molecule has 5 aromatic rings. The van der Waals surface area contributed by atoms with E-state index in [2.05, 4.69) is 25.8 Å². The van der Waals surface area contributed by atoms with Crippen molar-refractivity contribution in [3.05, 3.63) is 89.2 Å². The van der Waals surface area contributed by atoms with Gasteiger partial charge >= 0.3 is 0 Å². The number of benzene rings is 3. The number of rotatable bonds is 10. The third kappa shape index (κ3) is 7.20. The topological polar surface area (TPSA) is 139 Å². The van der Waals surface area contributed by atoms with Crippen molar-refractivity contribution in [2.75, 3.05) is 24.2 Å². The van der Waals surface area contributed by atoms with Gasteiger partial charge in [0.15, 0.2) is 16.1 Å². The number of carbonyl (C=O) groups is 2. The van der Waals surface area contributed by atoms with Gasteiger partial charge in [-0.1, -0.05) is 59.3 Å². The predicted molar refractivity (Wildman–Crippen MR) is 176 cm³/mol. The van der Waals surface area contributed by atoms with Crippen LogP contribution in [0.15, 0.2) is 82.8 Å². The maximum atomic E-state index is 13.0. The van der Waals surface area contributed by atoms with Gasteiger partial charge in [-0.3, -0.25) is 14.2 Å². The summed E-state index contributed by atoms with van der Waals surface area (Å²) >= 11 is 8.86. The maximum Gasteiger partial charge on any atom is 0.251 e. The Morgan fingerprint density at radius 3 is 2.49 bits per heavy atom. The Balaban J connectivity index is 1.14. The highest BCUT2D eigenvalue weighted by Crippen LogP contribution is 2.27. The van der Waals surface area contributed by atoms with Crippen molar-refractivity contribution in [3.63, 3.8) is 0 Å². The number of hydrogen-bond acceptors (Lipinski definition) is 9. The number of thiazole rings is 1. The van der Waals surface area contributed by atoms with Crippen molar-refractivity contribution in [2.45, 2.75) is 35.9 Å². The first kappa shape index (κ1) is 31.2. The highest BCUT2D eigenvalue weighted by Gasteiger charge is 2.26. The standard InChI is InChI=1S/C30H28ClN7O4S3/c31-21-7-6-8-22(17-21)38-26(35-36-30(38)43-19-27(39)34-29-33-24-9-2-3-10-25(24)44-29)18-32-28(40)20-11-13-23(14-12-20)45(41,42)37-15-4-1-5-16-37/h2-3,6-14,17H,1,4-5,15-16,18-19H2,(H,32,40)(H,33,34,39). The van der Waals surface area contributed by atoms with Gasteiger partial charge in [0, 0.05) is 23.7 Å². The number of amides is 2. The molecule has 2 amide bonds. The Labute approximate surface area is 273 Å². The molecule has 232 valence electrons. The van der Waals surface area contributed by atoms with Crippen molar-refractivity contribution in [3.8, 4) is 5.69 Å². The minimum absolute atomic E-state index is 0.0185. The lowest BCUT2D eigenvalue weighted by atomic mass is 10.2. The Bertz CT molecular complexity index is 1920. The fourth-order valence-corrected chi connectivity index (χ4v) is 8.24. The average molecular weight is 682 g/mol. The number of fused-ring (bicyclic) bond motifs is 1. The molecule has 11 nitrogen and oxygen atoms in total. The second-order valence-corrected chi connectivity index (χ2v) is 14.6. The summed E-state index contributed by atoms with van der Waals surface area (Å²) in [5, 5.41) is 15.7. The van der Waals surface area contributed by atoms with E-state index in [4.69, 9.17) is 11.6 Å². The molecule has 3 heterocycles. The monoisotopic (exact) mass is 681 g/mol. The number of nitrogens with one attached hydrogen (secondary N) is 2. The lowest BCUT2D eigenvalue weighted by Crippen LogP contribution is -2.35. The number of hydrogen-bond donors (Lipinski definition) is 2. The molecule has 1 aliphatic rings. The molecule has 1 fully saturated rings. The Morgan fingerprint density at radius 1 is 0.956 bits per heavy atom. The third-order valence-corrected chi connectivity index (χ3v) is 11.1. The van der Waals surface area contributed by atoms with Crippen molar-refractivity contribution >= 4 is 71.9 Å². The molecule has 2 aromatic heterocycles. The quantitative estimate of drug-likeness (QED) is 0.188. The molecule has 0 spiro atoms. The van der Waals surface area contributed by atoms with E-state index in [9.17, 15) is 18.0 Å². The summed E-state index contributed by atoms with van der Waals surface area (Å²) in [5.74, 6) is -0.181. The zero-order valence-corrected chi connectivity index (χ0v) is 27.1. The molecule has 0 atom stereocenters. The third-order valence-electron chi connectivity index (χ3n) is 7.12. The second-order valence-electron chi connectivity index (χ2n) is 10.2. The van der Waals surface area contributed by atoms with E-state index in [1.165, 1.54) is 51.7 Å². The summed E-state index contributed by atoms with van der Waals surface area (Å²) in [6, 6.07) is 20.7. The molecule has 2 N–H and O–H groups in total. The molecular formula is C30H28ClN7O4S3. The first-order valence-corrected chi connectivity index (χ1v) is 17.8. The lowest BCUT2D eigenvalue weighted by Gasteiger charge is -2.25. The van der Waals surface area contributed by atoms with Gasteiger partial charge in [0.2, 0.25) is 15.9 Å². The number of piperidine rings is 1. The van der Waals surface area contributed by atoms with Crippen LogP contribution in [0, 0.1) is 0 Å². The Kier molecular flexibility index (Phi) is 9.47. The minimum atomic E-state index is -3.60. The summed E-state index contributed by atoms with van der Waals surface area (Å²) < 4.78 is 30.1. The van der Waals surface area contributed by atoms with E-state index in [1.54, 1.807) is 22.8 Å². The smallest absolute Gasteiger partial charge is 0.251 e. The summed E-state index contributed by atoms with van der Waals surface area (Å²) in [6.07, 6.45) is 2.71. The molecule has 15 heteroatoms. The highest BCUT2D eigenvalue weighted by molar-refractivity contribution is 7.99. The van der Waals surface area contributed by atoms with Gasteiger partial charge in [-0.2, -0.15) is 4.31 Å². The number of sulfonamides is 1. The molecule has 0 unspecified atom stereocenters. The number of aromatic nitrogens is 4. The molecule has 6 rings (SSSR count). The zero-order valence-electron chi connectivity index (χ0n) is 23.8. The van der Waals surface area contributed by atoms with E-state index in [0.29, 0.717) is 45.5 Å². The number of thioether (sulfide) groups is 1. The zero-order chi connectivity index (χ0) is 31.4. The van der Waals surface area contributed by atoms with E-state index in [-0.39, 0.29) is 23.1 Å². The van der Waals surface area contributed by atoms with Gasteiger partial charge < -0.3 is 10.6 Å². The molecular weight excluding hydrogens is 654 g/mol. The van der Waals surface area contributed by atoms with Crippen LogP contribution in [0.25, 0.3) is 15.9 Å². The number of halogens is 1. The largest absolute Gasteiger partial charge is 0.345 e. The summed E-state index contributed by atoms with van der Waals surface area (Å²) in [5.41, 5.74) is 1.79. The number of anilines is 1. The van der Waals surface area contributed by atoms with Crippen LogP contribution in [0.3, 0.4) is 0 Å². The molecule has 3 aromatic carbocycles. The molecule has 1 aliphatic heterocycles. The van der Waals surface area contributed by atoms with Gasteiger partial charge in [-0.05, 0) is 67.4 Å². The SMILES string of the molecule is O=C(CSc1nnc(CNC(=O)c2ccc(S(=O)(=O)N3CCCCC3)cc2)n1-c1cccc(Cl)c1)Nc1nc2ccccc2s1. The summed E-state index contributed by atoms with van der Waals surface area (Å²) in [7, 11) is -3.60. The predicted octanol–water partition coefficient (Wildman–Crippen LogP) is 5.37. The van der Waals surface area contributed by atoms with Crippen LogP contribution in [0.1, 0.15) is 35.4 Å². The molecule has 1 saturated heterocycles. The maximum absolute atomic E-state index is 13.0. The van der Waals surface area contributed by atoms with E-state index >= 15 is 0 Å². The Hall–Kier alpha value is -3.82.